The summed E-state index contributed by atoms with van der Waals surface area (Å²) in [7, 11) is 2.15. The van der Waals surface area contributed by atoms with Crippen molar-refractivity contribution < 1.29 is 4.79 Å². The Labute approximate surface area is 194 Å². The molecule has 4 nitrogen and oxygen atoms in total. The van der Waals surface area contributed by atoms with Gasteiger partial charge in [0.25, 0.3) is 0 Å². The van der Waals surface area contributed by atoms with Crippen molar-refractivity contribution in [3.8, 4) is 10.6 Å². The lowest BCUT2D eigenvalue weighted by molar-refractivity contribution is -0.115. The minimum Gasteiger partial charge on any atom is -0.317 e. The fourth-order valence-electron chi connectivity index (χ4n) is 3.79. The lowest BCUT2D eigenvalue weighted by Crippen LogP contribution is -2.25. The van der Waals surface area contributed by atoms with Gasteiger partial charge < -0.3 is 10.2 Å². The average molecular weight is 466 g/mol. The molecule has 4 aromatic rings. The molecule has 0 radical (unpaired) electrons. The molecule has 31 heavy (non-hydrogen) atoms. The number of anilines is 1. The molecular formula is C24H23N3OS3. The van der Waals surface area contributed by atoms with E-state index >= 15 is 0 Å². The Bertz CT molecular complexity index is 1180. The lowest BCUT2D eigenvalue weighted by atomic mass is 10.0. The van der Waals surface area contributed by atoms with E-state index in [1.54, 1.807) is 34.4 Å². The highest BCUT2D eigenvalue weighted by Gasteiger charge is 2.26. The molecule has 2 aromatic heterocycles. The molecule has 0 saturated heterocycles. The van der Waals surface area contributed by atoms with Gasteiger partial charge in [0.2, 0.25) is 5.91 Å². The number of aromatic nitrogens is 1. The molecule has 2 aromatic carbocycles. The number of fused-ring (bicyclic) bond motifs is 2. The summed E-state index contributed by atoms with van der Waals surface area (Å²) >= 11 is 5.14. The Morgan fingerprint density at radius 2 is 1.94 bits per heavy atom. The van der Waals surface area contributed by atoms with Crippen molar-refractivity contribution >= 4 is 55.6 Å². The van der Waals surface area contributed by atoms with Crippen molar-refractivity contribution in [2.45, 2.75) is 24.3 Å². The Balaban J connectivity index is 1.39. The molecule has 0 fully saturated rings. The number of likely N-dealkylation sites (N-methyl/N-ethyl adjacent to an activating group) is 1. The van der Waals surface area contributed by atoms with Crippen molar-refractivity contribution in [2.24, 2.45) is 0 Å². The third kappa shape index (κ3) is 4.55. The summed E-state index contributed by atoms with van der Waals surface area (Å²) in [5.41, 5.74) is 3.52. The number of hydrogen-bond donors (Lipinski definition) is 1. The summed E-state index contributed by atoms with van der Waals surface area (Å²) < 4.78 is 1.18. The van der Waals surface area contributed by atoms with Gasteiger partial charge in [-0.3, -0.25) is 4.79 Å². The summed E-state index contributed by atoms with van der Waals surface area (Å²) in [6.45, 7) is 1.96. The quantitative estimate of drug-likeness (QED) is 0.348. The molecule has 1 aliphatic heterocycles. The number of amides is 1. The molecule has 5 rings (SSSR count). The van der Waals surface area contributed by atoms with Crippen LogP contribution in [0.3, 0.4) is 0 Å². The molecule has 1 amide bonds. The number of carbonyl (C=O) groups is 1. The maximum Gasteiger partial charge on any atom is 0.225 e. The topological polar surface area (TPSA) is 45.2 Å². The van der Waals surface area contributed by atoms with Gasteiger partial charge in [-0.15, -0.1) is 34.4 Å². The molecule has 0 spiro atoms. The number of thiophene rings is 1. The van der Waals surface area contributed by atoms with E-state index in [-0.39, 0.29) is 5.91 Å². The number of carbonyl (C=O) groups excluding carboxylic acids is 1. The van der Waals surface area contributed by atoms with Crippen LogP contribution in [0, 0.1) is 0 Å². The minimum absolute atomic E-state index is 0.0674. The second kappa shape index (κ2) is 9.12. The normalized spacial score (nSPS) is 14.0. The second-order valence-corrected chi connectivity index (χ2v) is 10.9. The molecule has 1 aliphatic rings. The van der Waals surface area contributed by atoms with E-state index < -0.39 is 0 Å². The highest BCUT2D eigenvalue weighted by atomic mass is 32.2. The van der Waals surface area contributed by atoms with Gasteiger partial charge in [-0.25, -0.2) is 4.98 Å². The first kappa shape index (κ1) is 20.7. The Hall–Kier alpha value is -2.19. The van der Waals surface area contributed by atoms with E-state index in [1.807, 2.05) is 24.3 Å². The zero-order valence-electron chi connectivity index (χ0n) is 17.3. The summed E-state index contributed by atoms with van der Waals surface area (Å²) in [4.78, 5) is 22.6. The SMILES string of the molecule is CN1CCc2c(sc(NC(=O)CCSc3ccccc3)c2-c2nc3ccccc3s2)C1. The predicted molar refractivity (Wildman–Crippen MR) is 133 cm³/mol. The summed E-state index contributed by atoms with van der Waals surface area (Å²) in [5.74, 6) is 0.831. The van der Waals surface area contributed by atoms with Crippen molar-refractivity contribution in [3.63, 3.8) is 0 Å². The van der Waals surface area contributed by atoms with E-state index in [0.29, 0.717) is 6.42 Å². The lowest BCUT2D eigenvalue weighted by Gasteiger charge is -2.22. The van der Waals surface area contributed by atoms with Crippen LogP contribution in [0.1, 0.15) is 16.9 Å². The van der Waals surface area contributed by atoms with Gasteiger partial charge in [0.05, 0.1) is 10.2 Å². The number of nitrogens with zero attached hydrogens (tertiary/aromatic N) is 2. The van der Waals surface area contributed by atoms with Gasteiger partial charge >= 0.3 is 0 Å². The number of thiazole rings is 1. The molecule has 0 unspecified atom stereocenters. The van der Waals surface area contributed by atoms with Crippen LogP contribution in [0.4, 0.5) is 5.00 Å². The van der Waals surface area contributed by atoms with E-state index in [4.69, 9.17) is 4.98 Å². The van der Waals surface area contributed by atoms with Gasteiger partial charge in [-0.2, -0.15) is 0 Å². The third-order valence-corrected chi connectivity index (χ3v) is 8.55. The molecule has 0 aliphatic carbocycles. The van der Waals surface area contributed by atoms with Gasteiger partial charge in [0.15, 0.2) is 0 Å². The monoisotopic (exact) mass is 465 g/mol. The minimum atomic E-state index is 0.0674. The highest BCUT2D eigenvalue weighted by molar-refractivity contribution is 7.99. The highest BCUT2D eigenvalue weighted by Crippen LogP contribution is 2.45. The van der Waals surface area contributed by atoms with Crippen LogP contribution in [0.5, 0.6) is 0 Å². The standard InChI is InChI=1S/C24H23N3OS3/c1-27-13-11-17-20(15-27)31-24(22(17)23-25-18-9-5-6-10-19(18)30-23)26-21(28)12-14-29-16-7-3-2-4-8-16/h2-10H,11-15H2,1H3,(H,26,28). The summed E-state index contributed by atoms with van der Waals surface area (Å²) in [6.07, 6.45) is 1.48. The van der Waals surface area contributed by atoms with E-state index in [0.717, 1.165) is 46.4 Å². The average Bonchev–Trinajstić information content (AvgIpc) is 3.34. The zero-order valence-corrected chi connectivity index (χ0v) is 19.7. The molecule has 0 bridgehead atoms. The number of benzene rings is 2. The van der Waals surface area contributed by atoms with Crippen molar-refractivity contribution in [2.75, 3.05) is 24.7 Å². The first-order valence-corrected chi connectivity index (χ1v) is 13.0. The Morgan fingerprint density at radius 1 is 1.13 bits per heavy atom. The van der Waals surface area contributed by atoms with Crippen LogP contribution in [0.2, 0.25) is 0 Å². The molecule has 0 saturated carbocycles. The zero-order chi connectivity index (χ0) is 21.2. The number of thioether (sulfide) groups is 1. The molecule has 7 heteroatoms. The summed E-state index contributed by atoms with van der Waals surface area (Å²) in [6, 6.07) is 18.5. The fraction of sp³-hybridized carbons (Fsp3) is 0.250. The number of para-hydroxylation sites is 1. The van der Waals surface area contributed by atoms with Crippen LogP contribution in [-0.4, -0.2) is 35.1 Å². The first-order valence-electron chi connectivity index (χ1n) is 10.3. The number of hydrogen-bond acceptors (Lipinski definition) is 6. The van der Waals surface area contributed by atoms with E-state index in [1.165, 1.54) is 20.0 Å². The first-order chi connectivity index (χ1) is 15.2. The maximum absolute atomic E-state index is 12.8. The smallest absolute Gasteiger partial charge is 0.225 e. The van der Waals surface area contributed by atoms with Crippen molar-refractivity contribution in [1.29, 1.82) is 0 Å². The van der Waals surface area contributed by atoms with Crippen LogP contribution < -0.4 is 5.32 Å². The molecule has 3 heterocycles. The Morgan fingerprint density at radius 3 is 2.77 bits per heavy atom. The summed E-state index contributed by atoms with van der Waals surface area (Å²) in [5, 5.41) is 5.19. The van der Waals surface area contributed by atoms with E-state index in [9.17, 15) is 4.79 Å². The van der Waals surface area contributed by atoms with Crippen LogP contribution in [0.15, 0.2) is 59.5 Å². The van der Waals surface area contributed by atoms with E-state index in [2.05, 4.69) is 47.6 Å². The van der Waals surface area contributed by atoms with Gasteiger partial charge in [0.1, 0.15) is 10.0 Å². The van der Waals surface area contributed by atoms with Crippen LogP contribution in [-0.2, 0) is 17.8 Å². The van der Waals surface area contributed by atoms with Crippen molar-refractivity contribution in [1.82, 2.24) is 9.88 Å². The molecule has 158 valence electrons. The molecule has 0 atom stereocenters. The predicted octanol–water partition coefficient (Wildman–Crippen LogP) is 6.13. The fourth-order valence-corrected chi connectivity index (χ4v) is 7.12. The maximum atomic E-state index is 12.8. The molecular weight excluding hydrogens is 442 g/mol. The largest absolute Gasteiger partial charge is 0.317 e. The van der Waals surface area contributed by atoms with Crippen LogP contribution in [0.25, 0.3) is 20.8 Å². The third-order valence-electron chi connectivity index (χ3n) is 5.35. The van der Waals surface area contributed by atoms with Crippen molar-refractivity contribution in [3.05, 3.63) is 65.0 Å². The number of rotatable bonds is 6. The second-order valence-electron chi connectivity index (χ2n) is 7.64. The van der Waals surface area contributed by atoms with Gasteiger partial charge in [-0.05, 0) is 43.3 Å². The molecule has 1 N–H and O–H groups in total. The van der Waals surface area contributed by atoms with Gasteiger partial charge in [0, 0.05) is 40.6 Å². The van der Waals surface area contributed by atoms with Gasteiger partial charge in [-0.1, -0.05) is 30.3 Å². The number of nitrogens with one attached hydrogen (secondary N) is 1. The Kier molecular flexibility index (Phi) is 6.09. The van der Waals surface area contributed by atoms with Crippen LogP contribution >= 0.6 is 34.4 Å².